The molecule has 4 aromatic heterocycles. The molecular formula is C21H15F3N6O2S. The third-order valence-corrected chi connectivity index (χ3v) is 6.79. The van der Waals surface area contributed by atoms with E-state index in [0.717, 1.165) is 12.3 Å². The number of nitriles is 1. The first-order valence-electron chi connectivity index (χ1n) is 9.54. The van der Waals surface area contributed by atoms with Gasteiger partial charge in [0.05, 0.1) is 27.9 Å². The van der Waals surface area contributed by atoms with Gasteiger partial charge in [-0.3, -0.25) is 4.98 Å². The predicted octanol–water partition coefficient (Wildman–Crippen LogP) is 3.78. The van der Waals surface area contributed by atoms with Crippen molar-refractivity contribution in [2.45, 2.75) is 18.0 Å². The summed E-state index contributed by atoms with van der Waals surface area (Å²) in [5, 5.41) is 8.91. The molecule has 33 heavy (non-hydrogen) atoms. The topological polar surface area (TPSA) is 114 Å². The van der Waals surface area contributed by atoms with Crippen LogP contribution in [0.1, 0.15) is 18.3 Å². The number of hydrogen-bond donors (Lipinski definition) is 0. The summed E-state index contributed by atoms with van der Waals surface area (Å²) in [4.78, 5) is 15.9. The van der Waals surface area contributed by atoms with Crippen molar-refractivity contribution in [3.05, 3.63) is 54.2 Å². The van der Waals surface area contributed by atoms with Crippen LogP contribution >= 0.6 is 0 Å². The second kappa shape index (κ2) is 7.93. The first-order valence-corrected chi connectivity index (χ1v) is 11.2. The number of halogens is 3. The van der Waals surface area contributed by atoms with E-state index in [1.165, 1.54) is 36.0 Å². The molecule has 0 unspecified atom stereocenters. The van der Waals surface area contributed by atoms with Crippen LogP contribution in [0, 0.1) is 11.3 Å². The third-order valence-electron chi connectivity index (χ3n) is 5.05. The Bertz CT molecular complexity index is 1520. The van der Waals surface area contributed by atoms with Crippen LogP contribution in [0.15, 0.2) is 47.8 Å². The van der Waals surface area contributed by atoms with Crippen LogP contribution in [0.2, 0.25) is 0 Å². The van der Waals surface area contributed by atoms with Crippen LogP contribution in [0.25, 0.3) is 33.7 Å². The second-order valence-electron chi connectivity index (χ2n) is 7.07. The molecule has 0 aliphatic rings. The van der Waals surface area contributed by atoms with Crippen molar-refractivity contribution in [1.29, 1.82) is 5.26 Å². The molecule has 0 radical (unpaired) electrons. The van der Waals surface area contributed by atoms with Gasteiger partial charge in [0.2, 0.25) is 0 Å². The lowest BCUT2D eigenvalue weighted by molar-refractivity contribution is -0.141. The van der Waals surface area contributed by atoms with E-state index in [4.69, 9.17) is 5.26 Å². The van der Waals surface area contributed by atoms with Crippen LogP contribution in [0.3, 0.4) is 0 Å². The van der Waals surface area contributed by atoms with Crippen molar-refractivity contribution in [2.24, 2.45) is 7.05 Å². The van der Waals surface area contributed by atoms with E-state index >= 15 is 0 Å². The number of imidazole rings is 1. The van der Waals surface area contributed by atoms with Gasteiger partial charge in [0, 0.05) is 30.6 Å². The van der Waals surface area contributed by atoms with Crippen LogP contribution in [-0.4, -0.2) is 38.7 Å². The summed E-state index contributed by atoms with van der Waals surface area (Å²) in [6.07, 6.45) is -0.750. The van der Waals surface area contributed by atoms with Gasteiger partial charge in [-0.15, -0.1) is 0 Å². The molecule has 0 aliphatic heterocycles. The zero-order chi connectivity index (χ0) is 24.0. The predicted molar refractivity (Wildman–Crippen MR) is 112 cm³/mol. The minimum Gasteiger partial charge on any atom is -0.324 e. The molecule has 4 rings (SSSR count). The lowest BCUT2D eigenvalue weighted by atomic mass is 10.1. The maximum absolute atomic E-state index is 13.1. The van der Waals surface area contributed by atoms with E-state index in [-0.39, 0.29) is 33.4 Å². The quantitative estimate of drug-likeness (QED) is 0.444. The SMILES string of the molecule is CCS(=O)(=O)c1cc(-c2ccc(C#N)nc2)cnc1-c1nc2cc(C(F)(F)F)ncc2n1C. The number of hydrogen-bond acceptors (Lipinski definition) is 7. The molecule has 12 heteroatoms. The highest BCUT2D eigenvalue weighted by molar-refractivity contribution is 7.91. The maximum atomic E-state index is 13.1. The number of fused-ring (bicyclic) bond motifs is 1. The van der Waals surface area contributed by atoms with Gasteiger partial charge in [-0.25, -0.2) is 23.4 Å². The highest BCUT2D eigenvalue weighted by atomic mass is 32.2. The fraction of sp³-hybridized carbons (Fsp3) is 0.190. The number of rotatable bonds is 4. The molecule has 168 valence electrons. The van der Waals surface area contributed by atoms with Crippen molar-refractivity contribution in [1.82, 2.24) is 24.5 Å². The minimum atomic E-state index is -4.64. The summed E-state index contributed by atoms with van der Waals surface area (Å²) in [7, 11) is -2.25. The molecule has 0 saturated carbocycles. The molecule has 0 bridgehead atoms. The van der Waals surface area contributed by atoms with Crippen molar-refractivity contribution in [3.63, 3.8) is 0 Å². The monoisotopic (exact) mass is 472 g/mol. The highest BCUT2D eigenvalue weighted by Crippen LogP contribution is 2.33. The van der Waals surface area contributed by atoms with Gasteiger partial charge >= 0.3 is 6.18 Å². The number of nitrogens with zero attached hydrogens (tertiary/aromatic N) is 6. The maximum Gasteiger partial charge on any atom is 0.433 e. The fourth-order valence-electron chi connectivity index (χ4n) is 3.25. The zero-order valence-electron chi connectivity index (χ0n) is 17.3. The van der Waals surface area contributed by atoms with Crippen LogP contribution in [0.5, 0.6) is 0 Å². The Hall–Kier alpha value is -3.85. The Morgan fingerprint density at radius 3 is 2.39 bits per heavy atom. The number of aryl methyl sites for hydroxylation is 1. The summed E-state index contributed by atoms with van der Waals surface area (Å²) in [5.74, 6) is -0.136. The first kappa shape index (κ1) is 22.3. The van der Waals surface area contributed by atoms with E-state index < -0.39 is 21.7 Å². The second-order valence-corrected chi connectivity index (χ2v) is 9.32. The van der Waals surface area contributed by atoms with Crippen molar-refractivity contribution in [3.8, 4) is 28.7 Å². The molecule has 8 nitrogen and oxygen atoms in total. The molecule has 0 saturated heterocycles. The molecule has 0 aromatic carbocycles. The number of aromatic nitrogens is 5. The fourth-order valence-corrected chi connectivity index (χ4v) is 4.31. The van der Waals surface area contributed by atoms with Crippen LogP contribution < -0.4 is 0 Å². The van der Waals surface area contributed by atoms with Gasteiger partial charge in [-0.1, -0.05) is 6.92 Å². The van der Waals surface area contributed by atoms with Crippen molar-refractivity contribution in [2.75, 3.05) is 5.75 Å². The van der Waals surface area contributed by atoms with Gasteiger partial charge < -0.3 is 4.57 Å². The molecule has 0 N–H and O–H groups in total. The van der Waals surface area contributed by atoms with Gasteiger partial charge in [0.1, 0.15) is 23.2 Å². The summed E-state index contributed by atoms with van der Waals surface area (Å²) in [6.45, 7) is 1.48. The van der Waals surface area contributed by atoms with E-state index in [1.54, 1.807) is 13.1 Å². The van der Waals surface area contributed by atoms with Crippen molar-refractivity contribution >= 4 is 20.9 Å². The van der Waals surface area contributed by atoms with Gasteiger partial charge in [-0.05, 0) is 24.3 Å². The molecule has 0 atom stereocenters. The summed E-state index contributed by atoms with van der Waals surface area (Å²) in [5.41, 5.74) is 0.410. The smallest absolute Gasteiger partial charge is 0.324 e. The van der Waals surface area contributed by atoms with Gasteiger partial charge in [0.15, 0.2) is 15.7 Å². The molecule has 4 heterocycles. The van der Waals surface area contributed by atoms with E-state index in [0.29, 0.717) is 16.6 Å². The Kier molecular flexibility index (Phi) is 5.37. The summed E-state index contributed by atoms with van der Waals surface area (Å²) >= 11 is 0. The number of sulfone groups is 1. The van der Waals surface area contributed by atoms with Crippen LogP contribution in [0.4, 0.5) is 13.2 Å². The zero-order valence-corrected chi connectivity index (χ0v) is 18.1. The Balaban J connectivity index is 1.92. The molecular weight excluding hydrogens is 457 g/mol. The Morgan fingerprint density at radius 2 is 1.79 bits per heavy atom. The van der Waals surface area contributed by atoms with Gasteiger partial charge in [0.25, 0.3) is 0 Å². The average molecular weight is 472 g/mol. The molecule has 4 aromatic rings. The minimum absolute atomic E-state index is 0.00876. The van der Waals surface area contributed by atoms with E-state index in [9.17, 15) is 21.6 Å². The summed E-state index contributed by atoms with van der Waals surface area (Å²) in [6, 6.07) is 7.24. The highest BCUT2D eigenvalue weighted by Gasteiger charge is 2.33. The normalized spacial score (nSPS) is 12.1. The van der Waals surface area contributed by atoms with E-state index in [1.807, 2.05) is 6.07 Å². The lowest BCUT2D eigenvalue weighted by Crippen LogP contribution is -2.09. The van der Waals surface area contributed by atoms with Crippen molar-refractivity contribution < 1.29 is 21.6 Å². The largest absolute Gasteiger partial charge is 0.433 e. The number of alkyl halides is 3. The average Bonchev–Trinajstić information content (AvgIpc) is 3.14. The third kappa shape index (κ3) is 4.03. The Labute approximate surface area is 186 Å². The standard InChI is InChI=1S/C21H15F3N6O2S/c1-3-33(31,32)17-6-13(12-4-5-14(8-25)26-9-12)10-28-19(17)20-29-15-7-18(21(22,23)24)27-11-16(15)30(20)2/h4-7,9-11H,3H2,1-2H3. The molecule has 0 amide bonds. The Morgan fingerprint density at radius 1 is 1.06 bits per heavy atom. The summed E-state index contributed by atoms with van der Waals surface area (Å²) < 4.78 is 66.4. The first-order chi connectivity index (χ1) is 15.5. The van der Waals surface area contributed by atoms with E-state index in [2.05, 4.69) is 19.9 Å². The van der Waals surface area contributed by atoms with Gasteiger partial charge in [-0.2, -0.15) is 18.4 Å². The molecule has 0 spiro atoms. The number of pyridine rings is 3. The van der Waals surface area contributed by atoms with Crippen LogP contribution in [-0.2, 0) is 23.1 Å². The molecule has 0 aliphatic carbocycles. The molecule has 0 fully saturated rings. The lowest BCUT2D eigenvalue weighted by Gasteiger charge is -2.11.